The van der Waals surface area contributed by atoms with Gasteiger partial charge in [-0.15, -0.1) is 0 Å². The highest BCUT2D eigenvalue weighted by molar-refractivity contribution is 5.92. The van der Waals surface area contributed by atoms with Crippen LogP contribution in [0.2, 0.25) is 0 Å². The summed E-state index contributed by atoms with van der Waals surface area (Å²) in [4.78, 5) is 16.8. The van der Waals surface area contributed by atoms with E-state index >= 15 is 0 Å². The van der Waals surface area contributed by atoms with Crippen LogP contribution in [0, 0.1) is 19.7 Å². The van der Waals surface area contributed by atoms with Crippen molar-refractivity contribution in [3.05, 3.63) is 89.1 Å². The first kappa shape index (κ1) is 20.3. The number of rotatable bonds is 7. The van der Waals surface area contributed by atoms with E-state index in [1.807, 2.05) is 30.3 Å². The van der Waals surface area contributed by atoms with Crippen molar-refractivity contribution in [3.8, 4) is 11.4 Å². The van der Waals surface area contributed by atoms with Crippen LogP contribution >= 0.6 is 0 Å². The molecule has 0 aliphatic heterocycles. The molecule has 0 unspecified atom stereocenters. The lowest BCUT2D eigenvalue weighted by atomic mass is 10.2. The van der Waals surface area contributed by atoms with Gasteiger partial charge < -0.3 is 14.0 Å². The summed E-state index contributed by atoms with van der Waals surface area (Å²) in [6.45, 7) is 3.41. The number of hydrogen-bond donors (Lipinski definition) is 0. The summed E-state index contributed by atoms with van der Waals surface area (Å²) in [5, 5.41) is 8.23. The van der Waals surface area contributed by atoms with E-state index in [1.54, 1.807) is 18.5 Å². The van der Waals surface area contributed by atoms with Crippen molar-refractivity contribution < 1.29 is 23.2 Å². The summed E-state index contributed by atoms with van der Waals surface area (Å²) in [6.07, 6.45) is 0. The number of benzene rings is 2. The Morgan fingerprint density at radius 3 is 2.55 bits per heavy atom. The number of ether oxygens (including phenoxy) is 2. The number of para-hydroxylation sites is 1. The largest absolute Gasteiger partial charge is 0.485 e. The quantitative estimate of drug-likeness (QED) is 0.417. The van der Waals surface area contributed by atoms with Crippen molar-refractivity contribution in [1.29, 1.82) is 0 Å². The van der Waals surface area contributed by atoms with Crippen LogP contribution in [0.25, 0.3) is 5.69 Å². The Labute approximate surface area is 177 Å². The molecule has 0 spiro atoms. The Balaban J connectivity index is 1.37. The molecular weight excluding hydrogens is 403 g/mol. The molecule has 0 N–H and O–H groups in total. The molecule has 8 nitrogen and oxygen atoms in total. The summed E-state index contributed by atoms with van der Waals surface area (Å²) < 4.78 is 30.5. The van der Waals surface area contributed by atoms with Gasteiger partial charge in [-0.3, -0.25) is 0 Å². The standard InChI is InChI=1S/C22H19FN4O4/c1-14-21(15(2)27(25-14)17-6-4-3-5-7-17)22(28)30-13-20-24-19(26-31-20)12-29-18-10-8-16(23)9-11-18/h3-11H,12-13H2,1-2H3. The summed E-state index contributed by atoms with van der Waals surface area (Å²) in [7, 11) is 0. The molecule has 0 saturated heterocycles. The average Bonchev–Trinajstić information content (AvgIpc) is 3.36. The van der Waals surface area contributed by atoms with Crippen molar-refractivity contribution in [2.75, 3.05) is 0 Å². The van der Waals surface area contributed by atoms with Gasteiger partial charge in [0, 0.05) is 0 Å². The SMILES string of the molecule is Cc1nn(-c2ccccc2)c(C)c1C(=O)OCc1nc(COc2ccc(F)cc2)no1. The van der Waals surface area contributed by atoms with E-state index in [0.717, 1.165) is 5.69 Å². The minimum atomic E-state index is -0.528. The molecule has 0 fully saturated rings. The van der Waals surface area contributed by atoms with Crippen LogP contribution in [0.4, 0.5) is 4.39 Å². The van der Waals surface area contributed by atoms with Gasteiger partial charge >= 0.3 is 5.97 Å². The van der Waals surface area contributed by atoms with E-state index in [9.17, 15) is 9.18 Å². The van der Waals surface area contributed by atoms with Crippen LogP contribution in [0.3, 0.4) is 0 Å². The molecule has 4 rings (SSSR count). The summed E-state index contributed by atoms with van der Waals surface area (Å²) in [5.74, 6) is 0.00675. The highest BCUT2D eigenvalue weighted by Gasteiger charge is 2.21. The fraction of sp³-hybridized carbons (Fsp3) is 0.182. The van der Waals surface area contributed by atoms with Crippen LogP contribution in [-0.4, -0.2) is 25.9 Å². The smallest absolute Gasteiger partial charge is 0.342 e. The Bertz CT molecular complexity index is 1190. The van der Waals surface area contributed by atoms with Crippen LogP contribution in [-0.2, 0) is 18.0 Å². The number of aromatic nitrogens is 4. The van der Waals surface area contributed by atoms with Crippen LogP contribution in [0.15, 0.2) is 59.1 Å². The van der Waals surface area contributed by atoms with Gasteiger partial charge in [0.15, 0.2) is 13.2 Å². The molecule has 0 amide bonds. The molecule has 0 saturated carbocycles. The van der Waals surface area contributed by atoms with Crippen molar-refractivity contribution in [2.24, 2.45) is 0 Å². The maximum Gasteiger partial charge on any atom is 0.342 e. The first-order valence-corrected chi connectivity index (χ1v) is 9.50. The maximum absolute atomic E-state index is 12.9. The van der Waals surface area contributed by atoms with Gasteiger partial charge in [-0.05, 0) is 50.2 Å². The first-order chi connectivity index (χ1) is 15.0. The first-order valence-electron chi connectivity index (χ1n) is 9.50. The molecule has 158 valence electrons. The minimum Gasteiger partial charge on any atom is -0.485 e. The van der Waals surface area contributed by atoms with Gasteiger partial charge in [-0.25, -0.2) is 13.9 Å². The predicted octanol–water partition coefficient (Wildman–Crippen LogP) is 3.95. The lowest BCUT2D eigenvalue weighted by Gasteiger charge is -2.05. The minimum absolute atomic E-state index is 0.0329. The fourth-order valence-corrected chi connectivity index (χ4v) is 3.04. The molecular formula is C22H19FN4O4. The van der Waals surface area contributed by atoms with Crippen molar-refractivity contribution in [3.63, 3.8) is 0 Å². The van der Waals surface area contributed by atoms with Crippen LogP contribution < -0.4 is 4.74 Å². The number of nitrogens with zero attached hydrogens (tertiary/aromatic N) is 4. The van der Waals surface area contributed by atoms with E-state index < -0.39 is 5.97 Å². The third kappa shape index (κ3) is 4.61. The predicted molar refractivity (Wildman–Crippen MR) is 107 cm³/mol. The highest BCUT2D eigenvalue weighted by atomic mass is 19.1. The number of esters is 1. The zero-order valence-corrected chi connectivity index (χ0v) is 16.9. The highest BCUT2D eigenvalue weighted by Crippen LogP contribution is 2.19. The van der Waals surface area contributed by atoms with Gasteiger partial charge in [0.25, 0.3) is 5.89 Å². The molecule has 2 aromatic carbocycles. The fourth-order valence-electron chi connectivity index (χ4n) is 3.04. The third-order valence-electron chi connectivity index (χ3n) is 4.51. The summed E-state index contributed by atoms with van der Waals surface area (Å²) in [6, 6.07) is 15.1. The van der Waals surface area contributed by atoms with E-state index in [-0.39, 0.29) is 30.7 Å². The normalized spacial score (nSPS) is 10.8. The van der Waals surface area contributed by atoms with E-state index in [2.05, 4.69) is 15.2 Å². The zero-order valence-electron chi connectivity index (χ0n) is 16.9. The maximum atomic E-state index is 12.9. The lowest BCUT2D eigenvalue weighted by Crippen LogP contribution is -2.08. The second-order valence-electron chi connectivity index (χ2n) is 6.72. The Morgan fingerprint density at radius 2 is 1.81 bits per heavy atom. The molecule has 31 heavy (non-hydrogen) atoms. The molecule has 0 aliphatic carbocycles. The van der Waals surface area contributed by atoms with E-state index in [0.29, 0.717) is 22.7 Å². The monoisotopic (exact) mass is 422 g/mol. The molecule has 0 radical (unpaired) electrons. The third-order valence-corrected chi connectivity index (χ3v) is 4.51. The van der Waals surface area contributed by atoms with Gasteiger partial charge in [-0.1, -0.05) is 23.4 Å². The zero-order chi connectivity index (χ0) is 21.8. The number of aryl methyl sites for hydroxylation is 1. The van der Waals surface area contributed by atoms with Gasteiger partial charge in [0.2, 0.25) is 5.82 Å². The van der Waals surface area contributed by atoms with E-state index in [4.69, 9.17) is 14.0 Å². The number of hydrogen-bond acceptors (Lipinski definition) is 7. The van der Waals surface area contributed by atoms with Gasteiger partial charge in [0.1, 0.15) is 17.1 Å². The van der Waals surface area contributed by atoms with Crippen LogP contribution in [0.1, 0.15) is 33.5 Å². The van der Waals surface area contributed by atoms with Gasteiger partial charge in [0.05, 0.1) is 17.1 Å². The van der Waals surface area contributed by atoms with Crippen molar-refractivity contribution in [1.82, 2.24) is 19.9 Å². The van der Waals surface area contributed by atoms with Crippen molar-refractivity contribution in [2.45, 2.75) is 27.1 Å². The molecule has 0 aliphatic rings. The summed E-state index contributed by atoms with van der Waals surface area (Å²) >= 11 is 0. The molecule has 2 heterocycles. The Morgan fingerprint density at radius 1 is 1.06 bits per heavy atom. The summed E-state index contributed by atoms with van der Waals surface area (Å²) in [5.41, 5.74) is 2.48. The number of carbonyl (C=O) groups is 1. The van der Waals surface area contributed by atoms with Gasteiger partial charge in [-0.2, -0.15) is 10.1 Å². The number of halogens is 1. The second kappa shape index (κ2) is 8.78. The second-order valence-corrected chi connectivity index (χ2v) is 6.72. The molecule has 0 atom stereocenters. The Hall–Kier alpha value is -4.01. The molecule has 0 bridgehead atoms. The van der Waals surface area contributed by atoms with Crippen LogP contribution in [0.5, 0.6) is 5.75 Å². The molecule has 9 heteroatoms. The average molecular weight is 422 g/mol. The number of carbonyl (C=O) groups excluding carboxylic acids is 1. The molecule has 2 aromatic heterocycles. The molecule has 4 aromatic rings. The lowest BCUT2D eigenvalue weighted by molar-refractivity contribution is 0.0428. The van der Waals surface area contributed by atoms with Crippen molar-refractivity contribution >= 4 is 5.97 Å². The topological polar surface area (TPSA) is 92.3 Å². The Kier molecular flexibility index (Phi) is 5.74. The van der Waals surface area contributed by atoms with E-state index in [1.165, 1.54) is 24.3 Å².